The van der Waals surface area contributed by atoms with Crippen LogP contribution < -0.4 is 16.0 Å². The minimum atomic E-state index is -0.564. The van der Waals surface area contributed by atoms with Crippen molar-refractivity contribution in [1.82, 2.24) is 16.0 Å². The van der Waals surface area contributed by atoms with E-state index in [1.165, 1.54) is 0 Å². The van der Waals surface area contributed by atoms with E-state index in [1.54, 1.807) is 31.2 Å². The average Bonchev–Trinajstić information content (AvgIpc) is 2.37. The number of hydrogen-bond donors (Lipinski definition) is 3. The Hall–Kier alpha value is -1.30. The van der Waals surface area contributed by atoms with E-state index in [0.29, 0.717) is 23.0 Å². The van der Waals surface area contributed by atoms with Crippen LogP contribution in [0.3, 0.4) is 0 Å². The number of amides is 2. The Morgan fingerprint density at radius 1 is 1.33 bits per heavy atom. The summed E-state index contributed by atoms with van der Waals surface area (Å²) >= 11 is 5.76. The van der Waals surface area contributed by atoms with E-state index in [0.717, 1.165) is 13.1 Å². The number of benzene rings is 1. The van der Waals surface area contributed by atoms with Crippen LogP contribution in [0, 0.1) is 5.92 Å². The summed E-state index contributed by atoms with van der Waals surface area (Å²) < 4.78 is 0. The molecule has 0 spiro atoms. The van der Waals surface area contributed by atoms with Crippen LogP contribution in [-0.4, -0.2) is 37.5 Å². The van der Waals surface area contributed by atoms with Crippen LogP contribution in [0.4, 0.5) is 0 Å². The second-order valence-corrected chi connectivity index (χ2v) is 5.41. The lowest BCUT2D eigenvalue weighted by Gasteiger charge is -2.27. The molecule has 1 atom stereocenters. The van der Waals surface area contributed by atoms with Crippen molar-refractivity contribution < 1.29 is 9.59 Å². The lowest BCUT2D eigenvalue weighted by molar-refractivity contribution is -0.122. The summed E-state index contributed by atoms with van der Waals surface area (Å²) in [4.78, 5) is 23.8. The first kappa shape index (κ1) is 17.8. The van der Waals surface area contributed by atoms with E-state index in [1.807, 2.05) is 0 Å². The van der Waals surface area contributed by atoms with Crippen LogP contribution in [0.1, 0.15) is 17.3 Å². The molecular formula is C14H19Cl2N3O2. The molecule has 0 saturated carbocycles. The highest BCUT2D eigenvalue weighted by Crippen LogP contribution is 2.09. The number of hydrogen-bond acceptors (Lipinski definition) is 3. The fourth-order valence-electron chi connectivity index (χ4n) is 1.84. The second-order valence-electron chi connectivity index (χ2n) is 4.97. The van der Waals surface area contributed by atoms with Crippen LogP contribution in [0.5, 0.6) is 0 Å². The van der Waals surface area contributed by atoms with Crippen molar-refractivity contribution in [1.29, 1.82) is 0 Å². The van der Waals surface area contributed by atoms with Gasteiger partial charge < -0.3 is 16.0 Å². The molecule has 1 aromatic rings. The van der Waals surface area contributed by atoms with Gasteiger partial charge in [-0.05, 0) is 31.2 Å². The van der Waals surface area contributed by atoms with E-state index in [4.69, 9.17) is 11.6 Å². The molecule has 0 radical (unpaired) electrons. The van der Waals surface area contributed by atoms with Gasteiger partial charge in [0.05, 0.1) is 0 Å². The average molecular weight is 332 g/mol. The third kappa shape index (κ3) is 5.19. The van der Waals surface area contributed by atoms with Gasteiger partial charge >= 0.3 is 0 Å². The summed E-state index contributed by atoms with van der Waals surface area (Å²) in [6.45, 7) is 4.19. The van der Waals surface area contributed by atoms with Crippen molar-refractivity contribution in [3.63, 3.8) is 0 Å². The van der Waals surface area contributed by atoms with Crippen molar-refractivity contribution in [3.05, 3.63) is 34.9 Å². The largest absolute Gasteiger partial charge is 0.354 e. The van der Waals surface area contributed by atoms with Crippen molar-refractivity contribution in [2.75, 3.05) is 19.6 Å². The predicted octanol–water partition coefficient (Wildman–Crippen LogP) is 1.22. The molecule has 7 heteroatoms. The molecule has 5 nitrogen and oxygen atoms in total. The van der Waals surface area contributed by atoms with Gasteiger partial charge in [-0.1, -0.05) is 11.6 Å². The SMILES string of the molecule is CC(NC(=O)c1ccc(Cl)cc1)C(=O)NCC1CNC1.Cl. The van der Waals surface area contributed by atoms with Gasteiger partial charge in [0.15, 0.2) is 0 Å². The molecule has 116 valence electrons. The van der Waals surface area contributed by atoms with Crippen molar-refractivity contribution >= 4 is 35.8 Å². The molecule has 21 heavy (non-hydrogen) atoms. The van der Waals surface area contributed by atoms with E-state index >= 15 is 0 Å². The smallest absolute Gasteiger partial charge is 0.251 e. The molecule has 1 unspecified atom stereocenters. The van der Waals surface area contributed by atoms with Crippen LogP contribution in [0.15, 0.2) is 24.3 Å². The quantitative estimate of drug-likeness (QED) is 0.759. The zero-order chi connectivity index (χ0) is 14.5. The van der Waals surface area contributed by atoms with Gasteiger partial charge in [0.2, 0.25) is 5.91 Å². The Morgan fingerprint density at radius 3 is 2.48 bits per heavy atom. The maximum atomic E-state index is 11.9. The molecule has 1 fully saturated rings. The lowest BCUT2D eigenvalue weighted by atomic mass is 10.0. The molecule has 3 N–H and O–H groups in total. The summed E-state index contributed by atoms with van der Waals surface area (Å²) in [5.41, 5.74) is 0.484. The zero-order valence-corrected chi connectivity index (χ0v) is 13.3. The first-order valence-corrected chi connectivity index (χ1v) is 6.99. The van der Waals surface area contributed by atoms with Crippen molar-refractivity contribution in [2.24, 2.45) is 5.92 Å². The Balaban J connectivity index is 0.00000220. The third-order valence-electron chi connectivity index (χ3n) is 3.28. The lowest BCUT2D eigenvalue weighted by Crippen LogP contribution is -2.51. The number of carbonyl (C=O) groups is 2. The van der Waals surface area contributed by atoms with Crippen molar-refractivity contribution in [3.8, 4) is 0 Å². The van der Waals surface area contributed by atoms with Gasteiger partial charge in [-0.3, -0.25) is 9.59 Å². The van der Waals surface area contributed by atoms with E-state index in [-0.39, 0.29) is 24.2 Å². The maximum absolute atomic E-state index is 11.9. The Morgan fingerprint density at radius 2 is 1.95 bits per heavy atom. The van der Waals surface area contributed by atoms with Gasteiger partial charge in [0.25, 0.3) is 5.91 Å². The van der Waals surface area contributed by atoms with Gasteiger partial charge in [0.1, 0.15) is 6.04 Å². The monoisotopic (exact) mass is 331 g/mol. The third-order valence-corrected chi connectivity index (χ3v) is 3.53. The summed E-state index contributed by atoms with van der Waals surface area (Å²) in [5, 5.41) is 9.21. The standard InChI is InChI=1S/C14H18ClN3O2.ClH/c1-9(13(19)17-8-10-6-16-7-10)18-14(20)11-2-4-12(15)5-3-11;/h2-5,9-10,16H,6-8H2,1H3,(H,17,19)(H,18,20);1H. The predicted molar refractivity (Wildman–Crippen MR) is 85.0 cm³/mol. The molecule has 0 aliphatic carbocycles. The molecule has 0 bridgehead atoms. The minimum Gasteiger partial charge on any atom is -0.354 e. The molecule has 2 amide bonds. The number of halogens is 2. The number of nitrogens with one attached hydrogen (secondary N) is 3. The summed E-state index contributed by atoms with van der Waals surface area (Å²) in [6.07, 6.45) is 0. The van der Waals surface area contributed by atoms with Crippen LogP contribution in [0.25, 0.3) is 0 Å². The van der Waals surface area contributed by atoms with Gasteiger partial charge in [-0.2, -0.15) is 0 Å². The highest BCUT2D eigenvalue weighted by molar-refractivity contribution is 6.30. The van der Waals surface area contributed by atoms with Crippen molar-refractivity contribution in [2.45, 2.75) is 13.0 Å². The first-order valence-electron chi connectivity index (χ1n) is 6.61. The molecule has 1 aliphatic rings. The van der Waals surface area contributed by atoms with E-state index < -0.39 is 6.04 Å². The molecule has 2 rings (SSSR count). The Bertz CT molecular complexity index is 489. The second kappa shape index (κ2) is 8.22. The maximum Gasteiger partial charge on any atom is 0.251 e. The summed E-state index contributed by atoms with van der Waals surface area (Å²) in [6, 6.07) is 5.98. The number of rotatable bonds is 5. The first-order chi connectivity index (χ1) is 9.56. The van der Waals surface area contributed by atoms with E-state index in [2.05, 4.69) is 16.0 Å². The fourth-order valence-corrected chi connectivity index (χ4v) is 1.96. The van der Waals surface area contributed by atoms with Crippen LogP contribution in [-0.2, 0) is 4.79 Å². The Kier molecular flexibility index (Phi) is 6.95. The van der Waals surface area contributed by atoms with Crippen LogP contribution >= 0.6 is 24.0 Å². The van der Waals surface area contributed by atoms with Gasteiger partial charge in [0, 0.05) is 36.1 Å². The molecular weight excluding hydrogens is 313 g/mol. The molecule has 1 saturated heterocycles. The number of carbonyl (C=O) groups excluding carboxylic acids is 2. The normalized spacial score (nSPS) is 15.3. The van der Waals surface area contributed by atoms with E-state index in [9.17, 15) is 9.59 Å². The molecule has 1 aliphatic heterocycles. The molecule has 1 heterocycles. The molecule has 0 aromatic heterocycles. The Labute approximate surface area is 135 Å². The topological polar surface area (TPSA) is 70.2 Å². The fraction of sp³-hybridized carbons (Fsp3) is 0.429. The minimum absolute atomic E-state index is 0. The summed E-state index contributed by atoms with van der Waals surface area (Å²) in [5.74, 6) is 0.0481. The van der Waals surface area contributed by atoms with Gasteiger partial charge in [-0.15, -0.1) is 12.4 Å². The van der Waals surface area contributed by atoms with Gasteiger partial charge in [-0.25, -0.2) is 0 Å². The zero-order valence-electron chi connectivity index (χ0n) is 11.7. The molecule has 1 aromatic carbocycles. The van der Waals surface area contributed by atoms with Crippen LogP contribution in [0.2, 0.25) is 5.02 Å². The summed E-state index contributed by atoms with van der Waals surface area (Å²) in [7, 11) is 0. The highest BCUT2D eigenvalue weighted by Gasteiger charge is 2.20. The highest BCUT2D eigenvalue weighted by atomic mass is 35.5.